The number of aliphatic hydroxyl groups excluding tert-OH is 1. The number of ether oxygens (including phenoxy) is 1. The molecule has 80 valence electrons. The number of hydrogen-bond acceptors (Lipinski definition) is 4. The lowest BCUT2D eigenvalue weighted by atomic mass is 10.2. The molecule has 0 radical (unpaired) electrons. The molecule has 0 atom stereocenters. The minimum absolute atomic E-state index is 0.0131. The van der Waals surface area contributed by atoms with Crippen molar-refractivity contribution in [3.05, 3.63) is 30.0 Å². The van der Waals surface area contributed by atoms with E-state index in [0.717, 1.165) is 12.3 Å². The van der Waals surface area contributed by atoms with Crippen molar-refractivity contribution in [1.29, 1.82) is 0 Å². The molecular weight excluding hydrogens is 213 g/mol. The molecule has 1 aliphatic heterocycles. The van der Waals surface area contributed by atoms with Gasteiger partial charge in [-0.3, -0.25) is 0 Å². The summed E-state index contributed by atoms with van der Waals surface area (Å²) in [6.45, 7) is 0. The fourth-order valence-electron chi connectivity index (χ4n) is 1.07. The average Bonchev–Trinajstić information content (AvgIpc) is 2.15. The number of pyridine rings is 1. The minimum atomic E-state index is -4.47. The maximum absolute atomic E-state index is 12.3. The molecule has 15 heavy (non-hydrogen) atoms. The highest BCUT2D eigenvalue weighted by Gasteiger charge is 2.32. The molecule has 0 aliphatic carbocycles. The third kappa shape index (κ3) is 1.80. The van der Waals surface area contributed by atoms with E-state index in [0.29, 0.717) is 6.20 Å². The summed E-state index contributed by atoms with van der Waals surface area (Å²) < 4.78 is 41.6. The Morgan fingerprint density at radius 2 is 2.13 bits per heavy atom. The zero-order chi connectivity index (χ0) is 11.1. The fourth-order valence-corrected chi connectivity index (χ4v) is 1.07. The van der Waals surface area contributed by atoms with E-state index in [1.807, 2.05) is 0 Å². The maximum Gasteiger partial charge on any atom is 0.417 e. The van der Waals surface area contributed by atoms with Crippen LogP contribution in [0, 0.1) is 0 Å². The van der Waals surface area contributed by atoms with Crippen molar-refractivity contribution in [3.63, 3.8) is 0 Å². The first-order chi connectivity index (χ1) is 6.97. The summed E-state index contributed by atoms with van der Waals surface area (Å²) in [7, 11) is 0. The lowest BCUT2D eigenvalue weighted by Gasteiger charge is -2.16. The summed E-state index contributed by atoms with van der Waals surface area (Å²) in [6.07, 6.45) is -2.86. The molecule has 4 nitrogen and oxygen atoms in total. The van der Waals surface area contributed by atoms with Crippen LogP contribution in [-0.4, -0.2) is 10.1 Å². The van der Waals surface area contributed by atoms with Crippen LogP contribution in [0.1, 0.15) is 5.56 Å². The smallest absolute Gasteiger partial charge is 0.417 e. The van der Waals surface area contributed by atoms with E-state index in [1.54, 1.807) is 0 Å². The van der Waals surface area contributed by atoms with E-state index in [4.69, 9.17) is 9.84 Å². The van der Waals surface area contributed by atoms with E-state index >= 15 is 0 Å². The molecule has 7 heteroatoms. The Hall–Kier alpha value is -1.92. The van der Waals surface area contributed by atoms with Crippen molar-refractivity contribution >= 4 is 5.69 Å². The quantitative estimate of drug-likeness (QED) is 0.701. The number of aromatic nitrogens is 1. The Balaban J connectivity index is 2.40. The molecule has 0 fully saturated rings. The van der Waals surface area contributed by atoms with Crippen LogP contribution in [0.4, 0.5) is 18.9 Å². The topological polar surface area (TPSA) is 54.4 Å². The highest BCUT2D eigenvalue weighted by Crippen LogP contribution is 2.34. The van der Waals surface area contributed by atoms with Crippen molar-refractivity contribution < 1.29 is 23.0 Å². The van der Waals surface area contributed by atoms with Gasteiger partial charge in [0.15, 0.2) is 6.26 Å². The highest BCUT2D eigenvalue weighted by molar-refractivity contribution is 5.58. The third-order valence-corrected chi connectivity index (χ3v) is 1.72. The number of hydrogen-bond donors (Lipinski definition) is 2. The molecule has 1 aromatic rings. The summed E-state index contributed by atoms with van der Waals surface area (Å²) in [5, 5.41) is 11.3. The summed E-state index contributed by atoms with van der Waals surface area (Å²) in [5.41, 5.74) is -0.933. The zero-order valence-electron chi connectivity index (χ0n) is 7.17. The van der Waals surface area contributed by atoms with Gasteiger partial charge in [-0.25, -0.2) is 4.98 Å². The van der Waals surface area contributed by atoms with E-state index < -0.39 is 11.7 Å². The van der Waals surface area contributed by atoms with Crippen LogP contribution in [-0.2, 0) is 6.18 Å². The van der Waals surface area contributed by atoms with Crippen LogP contribution < -0.4 is 10.1 Å². The minimum Gasteiger partial charge on any atom is -0.492 e. The first-order valence-electron chi connectivity index (χ1n) is 3.87. The first kappa shape index (κ1) is 9.63. The molecule has 2 N–H and O–H groups in total. The van der Waals surface area contributed by atoms with Crippen LogP contribution in [0.15, 0.2) is 24.4 Å². The van der Waals surface area contributed by atoms with Crippen LogP contribution in [0.2, 0.25) is 0 Å². The zero-order valence-corrected chi connectivity index (χ0v) is 7.17. The van der Waals surface area contributed by atoms with Crippen LogP contribution in [0.5, 0.6) is 5.88 Å². The number of halogens is 3. The molecule has 2 rings (SSSR count). The maximum atomic E-state index is 12.3. The van der Waals surface area contributed by atoms with Gasteiger partial charge >= 0.3 is 6.18 Å². The second-order valence-corrected chi connectivity index (χ2v) is 2.82. The Kier molecular flexibility index (Phi) is 1.95. The Bertz CT molecular complexity index is 428. The summed E-state index contributed by atoms with van der Waals surface area (Å²) in [4.78, 5) is 3.46. The lowest BCUT2D eigenvalue weighted by molar-refractivity contribution is -0.137. The number of nitrogens with one attached hydrogen (secondary N) is 1. The van der Waals surface area contributed by atoms with Gasteiger partial charge in [-0.05, 0) is 6.07 Å². The van der Waals surface area contributed by atoms with E-state index in [2.05, 4.69) is 10.3 Å². The van der Waals surface area contributed by atoms with Crippen molar-refractivity contribution in [2.75, 3.05) is 5.32 Å². The molecule has 0 saturated carbocycles. The monoisotopic (exact) mass is 218 g/mol. The van der Waals surface area contributed by atoms with Gasteiger partial charge in [0.25, 0.3) is 0 Å². The standard InChI is InChI=1S/C8H5F3N2O2/c9-8(10,11)4-1-5-7(12-2-4)15-3-6(14)13-5/h1-3,13-14H. The summed E-state index contributed by atoms with van der Waals surface area (Å²) in [5.74, 6) is -0.385. The molecule has 2 heterocycles. The molecule has 0 bridgehead atoms. The van der Waals surface area contributed by atoms with Gasteiger partial charge in [-0.15, -0.1) is 0 Å². The molecular formula is C8H5F3N2O2. The van der Waals surface area contributed by atoms with Gasteiger partial charge in [0, 0.05) is 6.20 Å². The van der Waals surface area contributed by atoms with Crippen LogP contribution >= 0.6 is 0 Å². The highest BCUT2D eigenvalue weighted by atomic mass is 19.4. The van der Waals surface area contributed by atoms with Crippen molar-refractivity contribution in [3.8, 4) is 5.88 Å². The Labute approximate surface area is 82.0 Å². The van der Waals surface area contributed by atoms with E-state index in [-0.39, 0.29) is 17.5 Å². The van der Waals surface area contributed by atoms with Gasteiger partial charge in [0.2, 0.25) is 11.8 Å². The van der Waals surface area contributed by atoms with Crippen LogP contribution in [0.25, 0.3) is 0 Å². The third-order valence-electron chi connectivity index (χ3n) is 1.72. The average molecular weight is 218 g/mol. The SMILES string of the molecule is OC1=COc2ncc(C(F)(F)F)cc2N1. The Morgan fingerprint density at radius 1 is 1.40 bits per heavy atom. The molecule has 1 aromatic heterocycles. The molecule has 0 unspecified atom stereocenters. The van der Waals surface area contributed by atoms with E-state index in [9.17, 15) is 13.2 Å². The second kappa shape index (κ2) is 3.04. The van der Waals surface area contributed by atoms with Gasteiger partial charge in [0.1, 0.15) is 5.69 Å². The van der Waals surface area contributed by atoms with Gasteiger partial charge in [-0.2, -0.15) is 13.2 Å². The molecule has 0 saturated heterocycles. The summed E-state index contributed by atoms with van der Waals surface area (Å²) >= 11 is 0. The molecule has 0 amide bonds. The number of nitrogens with zero attached hydrogens (tertiary/aromatic N) is 1. The fraction of sp³-hybridized carbons (Fsp3) is 0.125. The van der Waals surface area contributed by atoms with Crippen molar-refractivity contribution in [2.45, 2.75) is 6.18 Å². The number of aliphatic hydroxyl groups is 1. The predicted molar refractivity (Wildman–Crippen MR) is 44.2 cm³/mol. The second-order valence-electron chi connectivity index (χ2n) is 2.82. The number of rotatable bonds is 0. The number of anilines is 1. The predicted octanol–water partition coefficient (Wildman–Crippen LogP) is 2.26. The molecule has 0 spiro atoms. The van der Waals surface area contributed by atoms with E-state index in [1.165, 1.54) is 0 Å². The molecule has 1 aliphatic rings. The summed E-state index contributed by atoms with van der Waals surface area (Å²) in [6, 6.07) is 0.811. The number of alkyl halides is 3. The van der Waals surface area contributed by atoms with Gasteiger partial charge in [-0.1, -0.05) is 0 Å². The largest absolute Gasteiger partial charge is 0.492 e. The Morgan fingerprint density at radius 3 is 2.80 bits per heavy atom. The molecule has 0 aromatic carbocycles. The normalized spacial score (nSPS) is 14.7. The first-order valence-corrected chi connectivity index (χ1v) is 3.87. The van der Waals surface area contributed by atoms with Crippen LogP contribution in [0.3, 0.4) is 0 Å². The van der Waals surface area contributed by atoms with Gasteiger partial charge < -0.3 is 15.2 Å². The van der Waals surface area contributed by atoms with Crippen molar-refractivity contribution in [1.82, 2.24) is 4.98 Å². The van der Waals surface area contributed by atoms with Gasteiger partial charge in [0.05, 0.1) is 5.56 Å². The number of fused-ring (bicyclic) bond motifs is 1. The van der Waals surface area contributed by atoms with Crippen molar-refractivity contribution in [2.24, 2.45) is 0 Å². The lowest BCUT2D eigenvalue weighted by Crippen LogP contribution is -2.12.